The predicted octanol–water partition coefficient (Wildman–Crippen LogP) is 5.82. The maximum absolute atomic E-state index is 13.3. The van der Waals surface area contributed by atoms with Gasteiger partial charge in [-0.05, 0) is 82.8 Å². The van der Waals surface area contributed by atoms with Crippen molar-refractivity contribution in [2.45, 2.75) is 85.2 Å². The smallest absolute Gasteiger partial charge is 0.346 e. The molecule has 1 amide bonds. The third-order valence-corrected chi connectivity index (χ3v) is 8.81. The monoisotopic (exact) mass is 497 g/mol. The molecule has 0 bridgehead atoms. The number of carboxylic acid groups (broad SMARTS) is 1. The quantitative estimate of drug-likeness (QED) is 0.514. The van der Waals surface area contributed by atoms with Crippen LogP contribution in [0.3, 0.4) is 0 Å². The van der Waals surface area contributed by atoms with Crippen LogP contribution in [0.5, 0.6) is 0 Å². The maximum atomic E-state index is 13.3. The van der Waals surface area contributed by atoms with E-state index in [1.807, 2.05) is 31.7 Å². The number of thiophene rings is 1. The zero-order valence-electron chi connectivity index (χ0n) is 21.5. The summed E-state index contributed by atoms with van der Waals surface area (Å²) in [4.78, 5) is 28.6. The number of nitrogens with zero attached hydrogens (tertiary/aromatic N) is 1. The highest BCUT2D eigenvalue weighted by Gasteiger charge is 2.36. The van der Waals surface area contributed by atoms with Crippen LogP contribution in [0.1, 0.15) is 99.2 Å². The molecule has 1 aliphatic heterocycles. The van der Waals surface area contributed by atoms with Gasteiger partial charge in [0.2, 0.25) is 5.91 Å². The number of hydrogen-bond donors (Lipinski definition) is 2. The number of rotatable bonds is 4. The van der Waals surface area contributed by atoms with E-state index >= 15 is 0 Å². The number of amides is 1. The minimum absolute atomic E-state index is 0.107. The SMILES string of the molecule is CC1CCC(C2=C(c3cc(C#CC(C)(C)C)sc3C(=O)O)CN(C(=O)C3CCC(O)C3)CC2)CC1. The lowest BCUT2D eigenvalue weighted by Gasteiger charge is -2.37. The molecule has 5 nitrogen and oxygen atoms in total. The Morgan fingerprint density at radius 2 is 1.83 bits per heavy atom. The van der Waals surface area contributed by atoms with Crippen LogP contribution in [-0.4, -0.2) is 46.2 Å². The molecule has 3 aliphatic rings. The molecule has 2 saturated carbocycles. The van der Waals surface area contributed by atoms with E-state index in [9.17, 15) is 19.8 Å². The van der Waals surface area contributed by atoms with Gasteiger partial charge in [-0.15, -0.1) is 11.3 Å². The molecule has 2 fully saturated rings. The molecule has 1 aromatic rings. The molecule has 2 heterocycles. The van der Waals surface area contributed by atoms with Gasteiger partial charge in [-0.3, -0.25) is 4.79 Å². The summed E-state index contributed by atoms with van der Waals surface area (Å²) < 4.78 is 0. The van der Waals surface area contributed by atoms with Gasteiger partial charge in [-0.2, -0.15) is 0 Å². The third-order valence-electron chi connectivity index (χ3n) is 7.77. The van der Waals surface area contributed by atoms with E-state index in [1.54, 1.807) is 0 Å². The van der Waals surface area contributed by atoms with E-state index in [1.165, 1.54) is 29.8 Å². The molecular formula is C29H39NO4S. The van der Waals surface area contributed by atoms with Crippen LogP contribution >= 0.6 is 11.3 Å². The number of aromatic carboxylic acids is 1. The molecule has 2 N–H and O–H groups in total. The molecule has 6 heteroatoms. The number of hydrogen-bond acceptors (Lipinski definition) is 4. The predicted molar refractivity (Wildman–Crippen MR) is 140 cm³/mol. The third kappa shape index (κ3) is 6.19. The molecule has 2 atom stereocenters. The Hall–Kier alpha value is -2.10. The van der Waals surface area contributed by atoms with Crippen LogP contribution in [0.25, 0.3) is 5.57 Å². The van der Waals surface area contributed by atoms with Crippen LogP contribution in [0.2, 0.25) is 0 Å². The fourth-order valence-electron chi connectivity index (χ4n) is 5.81. The summed E-state index contributed by atoms with van der Waals surface area (Å²) >= 11 is 1.24. The minimum atomic E-state index is -0.930. The molecule has 1 aromatic heterocycles. The fourth-order valence-corrected chi connectivity index (χ4v) is 6.69. The van der Waals surface area contributed by atoms with Crippen molar-refractivity contribution in [3.63, 3.8) is 0 Å². The number of aliphatic hydroxyl groups excluding tert-OH is 1. The zero-order chi connectivity index (χ0) is 25.3. The van der Waals surface area contributed by atoms with Crippen LogP contribution in [0.4, 0.5) is 0 Å². The van der Waals surface area contributed by atoms with Gasteiger partial charge < -0.3 is 15.1 Å². The van der Waals surface area contributed by atoms with Crippen LogP contribution in [0.15, 0.2) is 11.6 Å². The van der Waals surface area contributed by atoms with Crippen molar-refractivity contribution in [3.05, 3.63) is 27.0 Å². The Balaban J connectivity index is 1.72. The highest BCUT2D eigenvalue weighted by Crippen LogP contribution is 2.42. The van der Waals surface area contributed by atoms with E-state index in [0.29, 0.717) is 36.7 Å². The molecule has 0 spiro atoms. The van der Waals surface area contributed by atoms with Crippen molar-refractivity contribution in [3.8, 4) is 11.8 Å². The van der Waals surface area contributed by atoms with Crippen molar-refractivity contribution in [2.24, 2.45) is 23.2 Å². The zero-order valence-corrected chi connectivity index (χ0v) is 22.3. The minimum Gasteiger partial charge on any atom is -0.477 e. The lowest BCUT2D eigenvalue weighted by atomic mass is 9.75. The molecule has 2 aliphatic carbocycles. The van der Waals surface area contributed by atoms with E-state index in [2.05, 4.69) is 18.8 Å². The van der Waals surface area contributed by atoms with Crippen molar-refractivity contribution in [2.75, 3.05) is 13.1 Å². The van der Waals surface area contributed by atoms with Crippen molar-refractivity contribution in [1.82, 2.24) is 4.90 Å². The van der Waals surface area contributed by atoms with Gasteiger partial charge in [0, 0.05) is 30.0 Å². The second kappa shape index (κ2) is 10.5. The largest absolute Gasteiger partial charge is 0.477 e. The fraction of sp³-hybridized carbons (Fsp3) is 0.655. The molecular weight excluding hydrogens is 458 g/mol. The van der Waals surface area contributed by atoms with E-state index in [-0.39, 0.29) is 23.3 Å². The summed E-state index contributed by atoms with van der Waals surface area (Å²) in [6.07, 6.45) is 7.01. The summed E-state index contributed by atoms with van der Waals surface area (Å²) in [5.41, 5.74) is 2.96. The van der Waals surface area contributed by atoms with Crippen molar-refractivity contribution < 1.29 is 19.8 Å². The first-order valence-corrected chi connectivity index (χ1v) is 13.9. The molecule has 0 saturated heterocycles. The molecule has 35 heavy (non-hydrogen) atoms. The van der Waals surface area contributed by atoms with Crippen LogP contribution in [0, 0.1) is 35.0 Å². The number of carbonyl (C=O) groups excluding carboxylic acids is 1. The Labute approximate surface area is 213 Å². The standard InChI is InChI=1S/C29H39NO4S/c1-18-5-7-19(8-6-18)23-12-14-30(27(32)20-9-10-21(31)15-20)17-25(23)24-16-22(11-13-29(2,3)4)35-26(24)28(33)34/h16,18-21,31H,5-10,12,14-15,17H2,1-4H3,(H,33,34). The Kier molecular flexibility index (Phi) is 7.78. The van der Waals surface area contributed by atoms with E-state index < -0.39 is 5.97 Å². The lowest BCUT2D eigenvalue weighted by molar-refractivity contribution is -0.135. The molecule has 0 radical (unpaired) electrons. The average molecular weight is 498 g/mol. The summed E-state index contributed by atoms with van der Waals surface area (Å²) in [6, 6.07) is 1.95. The first kappa shape index (κ1) is 26.0. The van der Waals surface area contributed by atoms with Gasteiger partial charge in [-0.25, -0.2) is 4.79 Å². The van der Waals surface area contributed by atoms with Crippen molar-refractivity contribution >= 4 is 28.8 Å². The van der Waals surface area contributed by atoms with Gasteiger partial charge in [0.05, 0.1) is 11.0 Å². The molecule has 4 rings (SSSR count). The second-order valence-corrected chi connectivity index (χ2v) is 12.8. The Morgan fingerprint density at radius 1 is 1.11 bits per heavy atom. The van der Waals surface area contributed by atoms with Crippen LogP contribution in [-0.2, 0) is 4.79 Å². The molecule has 0 aromatic carbocycles. The second-order valence-electron chi connectivity index (χ2n) is 11.8. The van der Waals surface area contributed by atoms with E-state index in [4.69, 9.17) is 0 Å². The number of aliphatic hydroxyl groups is 1. The molecule has 190 valence electrons. The van der Waals surface area contributed by atoms with Gasteiger partial charge in [0.25, 0.3) is 0 Å². The first-order chi connectivity index (χ1) is 16.5. The lowest BCUT2D eigenvalue weighted by Crippen LogP contribution is -2.41. The normalized spacial score (nSPS) is 27.5. The van der Waals surface area contributed by atoms with Crippen LogP contribution < -0.4 is 0 Å². The highest BCUT2D eigenvalue weighted by atomic mass is 32.1. The average Bonchev–Trinajstić information content (AvgIpc) is 3.43. The van der Waals surface area contributed by atoms with E-state index in [0.717, 1.165) is 47.6 Å². The van der Waals surface area contributed by atoms with Crippen molar-refractivity contribution in [1.29, 1.82) is 0 Å². The van der Waals surface area contributed by atoms with Gasteiger partial charge in [-0.1, -0.05) is 37.2 Å². The summed E-state index contributed by atoms with van der Waals surface area (Å²) in [6.45, 7) is 9.58. The number of carbonyl (C=O) groups is 2. The Morgan fingerprint density at radius 3 is 2.43 bits per heavy atom. The van der Waals surface area contributed by atoms with Gasteiger partial charge in [0.15, 0.2) is 0 Å². The molecule has 2 unspecified atom stereocenters. The van der Waals surface area contributed by atoms with Gasteiger partial charge >= 0.3 is 5.97 Å². The Bertz CT molecular complexity index is 1060. The number of carboxylic acids is 1. The summed E-state index contributed by atoms with van der Waals surface area (Å²) in [7, 11) is 0. The highest BCUT2D eigenvalue weighted by molar-refractivity contribution is 7.14. The van der Waals surface area contributed by atoms with Gasteiger partial charge in [0.1, 0.15) is 4.88 Å². The summed E-state index contributed by atoms with van der Waals surface area (Å²) in [5.74, 6) is 6.67. The maximum Gasteiger partial charge on any atom is 0.346 e. The topological polar surface area (TPSA) is 77.8 Å². The first-order valence-electron chi connectivity index (χ1n) is 13.1. The summed E-state index contributed by atoms with van der Waals surface area (Å²) in [5, 5.41) is 20.0.